The van der Waals surface area contributed by atoms with Crippen LogP contribution in [0.3, 0.4) is 0 Å². The van der Waals surface area contributed by atoms with E-state index in [2.05, 4.69) is 10.6 Å². The molecule has 1 saturated heterocycles. The number of carbonyl (C=O) groups is 1. The van der Waals surface area contributed by atoms with Gasteiger partial charge in [-0.05, 0) is 12.5 Å². The Hall–Kier alpha value is -2.19. The summed E-state index contributed by atoms with van der Waals surface area (Å²) in [4.78, 5) is 21.9. The fraction of sp³-hybridized carbons (Fsp3) is 0.417. The van der Waals surface area contributed by atoms with Crippen molar-refractivity contribution in [2.24, 2.45) is 0 Å². The molecule has 0 aromatic heterocycles. The normalized spacial score (nSPS) is 21.6. The number of anilines is 1. The zero-order valence-electron chi connectivity index (χ0n) is 10.8. The monoisotopic (exact) mass is 281 g/mol. The summed E-state index contributed by atoms with van der Waals surface area (Å²) in [7, 11) is 1.58. The van der Waals surface area contributed by atoms with E-state index in [9.17, 15) is 20.0 Å². The van der Waals surface area contributed by atoms with Crippen LogP contribution in [-0.2, 0) is 9.53 Å². The lowest BCUT2D eigenvalue weighted by Gasteiger charge is -2.12. The minimum absolute atomic E-state index is 0.0174. The largest absolute Gasteiger partial charge is 0.506 e. The van der Waals surface area contributed by atoms with E-state index >= 15 is 0 Å². The van der Waals surface area contributed by atoms with Crippen LogP contribution in [-0.4, -0.2) is 41.7 Å². The summed E-state index contributed by atoms with van der Waals surface area (Å²) in [6.07, 6.45) is 0.520. The highest BCUT2D eigenvalue weighted by Crippen LogP contribution is 2.28. The summed E-state index contributed by atoms with van der Waals surface area (Å²) < 4.78 is 5.14. The number of carbonyl (C=O) groups excluding carboxylic acids is 1. The summed E-state index contributed by atoms with van der Waals surface area (Å²) in [6, 6.07) is 3.11. The molecule has 0 radical (unpaired) electrons. The van der Waals surface area contributed by atoms with Crippen LogP contribution >= 0.6 is 0 Å². The lowest BCUT2D eigenvalue weighted by molar-refractivity contribution is -0.384. The van der Waals surface area contributed by atoms with E-state index in [-0.39, 0.29) is 29.1 Å². The Morgan fingerprint density at radius 2 is 2.35 bits per heavy atom. The first-order valence-corrected chi connectivity index (χ1v) is 6.05. The molecule has 2 rings (SSSR count). The standard InChI is InChI=1S/C12H15N3O5/c1-20-8-5-10(13-6-8)12(17)14-9-3-2-7(15(18)19)4-11(9)16/h2-4,8,10,13,16H,5-6H2,1H3,(H,14,17). The van der Waals surface area contributed by atoms with Crippen LogP contribution in [0.1, 0.15) is 6.42 Å². The molecule has 0 spiro atoms. The molecule has 0 aliphatic carbocycles. The molecule has 0 bridgehead atoms. The molecule has 8 nitrogen and oxygen atoms in total. The number of amides is 1. The number of hydrogen-bond acceptors (Lipinski definition) is 6. The number of rotatable bonds is 4. The highest BCUT2D eigenvalue weighted by atomic mass is 16.6. The minimum Gasteiger partial charge on any atom is -0.506 e. The molecule has 3 N–H and O–H groups in total. The van der Waals surface area contributed by atoms with Crippen LogP contribution in [0, 0.1) is 10.1 Å². The Morgan fingerprint density at radius 1 is 1.60 bits per heavy atom. The second-order valence-electron chi connectivity index (χ2n) is 4.50. The van der Waals surface area contributed by atoms with Crippen LogP contribution < -0.4 is 10.6 Å². The van der Waals surface area contributed by atoms with Gasteiger partial charge in [-0.25, -0.2) is 0 Å². The van der Waals surface area contributed by atoms with Crippen LogP contribution in [0.5, 0.6) is 5.75 Å². The molecule has 1 fully saturated rings. The van der Waals surface area contributed by atoms with Crippen molar-refractivity contribution in [1.82, 2.24) is 5.32 Å². The van der Waals surface area contributed by atoms with Gasteiger partial charge < -0.3 is 20.5 Å². The number of nitro groups is 1. The van der Waals surface area contributed by atoms with E-state index in [0.29, 0.717) is 13.0 Å². The lowest BCUT2D eigenvalue weighted by Crippen LogP contribution is -2.35. The number of nitrogens with zero attached hydrogens (tertiary/aromatic N) is 1. The van der Waals surface area contributed by atoms with Gasteiger partial charge in [0.1, 0.15) is 5.75 Å². The first-order valence-electron chi connectivity index (χ1n) is 6.05. The molecule has 1 aliphatic rings. The molecule has 1 aliphatic heterocycles. The maximum absolute atomic E-state index is 12.0. The van der Waals surface area contributed by atoms with Gasteiger partial charge in [-0.3, -0.25) is 14.9 Å². The van der Waals surface area contributed by atoms with Gasteiger partial charge in [-0.2, -0.15) is 0 Å². The molecule has 1 heterocycles. The fourth-order valence-corrected chi connectivity index (χ4v) is 2.04. The topological polar surface area (TPSA) is 114 Å². The smallest absolute Gasteiger partial charge is 0.273 e. The zero-order chi connectivity index (χ0) is 14.7. The van der Waals surface area contributed by atoms with Crippen molar-refractivity contribution in [3.63, 3.8) is 0 Å². The third-order valence-corrected chi connectivity index (χ3v) is 3.19. The van der Waals surface area contributed by atoms with Crippen LogP contribution in [0.2, 0.25) is 0 Å². The second-order valence-corrected chi connectivity index (χ2v) is 4.50. The van der Waals surface area contributed by atoms with Gasteiger partial charge in [0, 0.05) is 19.7 Å². The van der Waals surface area contributed by atoms with Gasteiger partial charge in [0.05, 0.1) is 28.8 Å². The number of nitro benzene ring substituents is 1. The van der Waals surface area contributed by atoms with Gasteiger partial charge in [0.2, 0.25) is 5.91 Å². The Bertz CT molecular complexity index is 534. The summed E-state index contributed by atoms with van der Waals surface area (Å²) in [6.45, 7) is 0.584. The molecular formula is C12H15N3O5. The van der Waals surface area contributed by atoms with Crippen LogP contribution in [0.4, 0.5) is 11.4 Å². The van der Waals surface area contributed by atoms with Crippen LogP contribution in [0.25, 0.3) is 0 Å². The molecule has 1 aromatic rings. The van der Waals surface area contributed by atoms with Crippen molar-refractivity contribution < 1.29 is 19.6 Å². The molecule has 8 heteroatoms. The predicted octanol–water partition coefficient (Wildman–Crippen LogP) is 0.616. The maximum atomic E-state index is 12.0. The number of benzene rings is 1. The SMILES string of the molecule is COC1CNC(C(=O)Nc2ccc([N+](=O)[O-])cc2O)C1. The van der Waals surface area contributed by atoms with Gasteiger partial charge in [0.15, 0.2) is 0 Å². The fourth-order valence-electron chi connectivity index (χ4n) is 2.04. The maximum Gasteiger partial charge on any atom is 0.273 e. The summed E-state index contributed by atoms with van der Waals surface area (Å²) in [5, 5.41) is 25.7. The molecule has 2 atom stereocenters. The quantitative estimate of drug-likeness (QED) is 0.423. The van der Waals surface area contributed by atoms with Crippen molar-refractivity contribution in [2.75, 3.05) is 19.0 Å². The third-order valence-electron chi connectivity index (χ3n) is 3.19. The number of aromatic hydroxyl groups is 1. The number of nitrogens with one attached hydrogen (secondary N) is 2. The second kappa shape index (κ2) is 5.85. The van der Waals surface area contributed by atoms with E-state index in [4.69, 9.17) is 4.74 Å². The van der Waals surface area contributed by atoms with Crippen molar-refractivity contribution in [3.8, 4) is 5.75 Å². The van der Waals surface area contributed by atoms with E-state index in [0.717, 1.165) is 6.07 Å². The van der Waals surface area contributed by atoms with Gasteiger partial charge >= 0.3 is 0 Å². The first kappa shape index (κ1) is 14.2. The molecular weight excluding hydrogens is 266 g/mol. The lowest BCUT2D eigenvalue weighted by atomic mass is 10.2. The molecule has 2 unspecified atom stereocenters. The average Bonchev–Trinajstić information content (AvgIpc) is 2.89. The number of non-ortho nitro benzene ring substituents is 1. The molecule has 1 aromatic carbocycles. The number of phenolic OH excluding ortho intramolecular Hbond substituents is 1. The van der Waals surface area contributed by atoms with Gasteiger partial charge in [-0.15, -0.1) is 0 Å². The summed E-state index contributed by atoms with van der Waals surface area (Å²) in [5.41, 5.74) is -0.0952. The van der Waals surface area contributed by atoms with Crippen molar-refractivity contribution in [2.45, 2.75) is 18.6 Å². The van der Waals surface area contributed by atoms with Gasteiger partial charge in [0.25, 0.3) is 5.69 Å². The number of ether oxygens (including phenoxy) is 1. The van der Waals surface area contributed by atoms with E-state index < -0.39 is 11.0 Å². The molecule has 20 heavy (non-hydrogen) atoms. The number of phenols is 1. The van der Waals surface area contributed by atoms with E-state index in [1.807, 2.05) is 0 Å². The summed E-state index contributed by atoms with van der Waals surface area (Å²) >= 11 is 0. The van der Waals surface area contributed by atoms with Crippen LogP contribution in [0.15, 0.2) is 18.2 Å². The number of hydrogen-bond donors (Lipinski definition) is 3. The third kappa shape index (κ3) is 3.03. The highest BCUT2D eigenvalue weighted by molar-refractivity contribution is 5.96. The van der Waals surface area contributed by atoms with E-state index in [1.54, 1.807) is 7.11 Å². The predicted molar refractivity (Wildman–Crippen MR) is 70.6 cm³/mol. The molecule has 108 valence electrons. The van der Waals surface area contributed by atoms with Crippen molar-refractivity contribution in [1.29, 1.82) is 0 Å². The average molecular weight is 281 g/mol. The molecule has 1 amide bonds. The van der Waals surface area contributed by atoms with Crippen molar-refractivity contribution >= 4 is 17.3 Å². The Labute approximate surface area is 114 Å². The molecule has 0 saturated carbocycles. The summed E-state index contributed by atoms with van der Waals surface area (Å²) in [5.74, 6) is -0.650. The minimum atomic E-state index is -0.618. The zero-order valence-corrected chi connectivity index (χ0v) is 10.8. The Morgan fingerprint density at radius 3 is 2.90 bits per heavy atom. The number of methoxy groups -OCH3 is 1. The Kier molecular flexibility index (Phi) is 4.16. The van der Waals surface area contributed by atoms with E-state index in [1.165, 1.54) is 12.1 Å². The Balaban J connectivity index is 2.03. The first-order chi connectivity index (χ1) is 9.51. The van der Waals surface area contributed by atoms with Gasteiger partial charge in [-0.1, -0.05) is 0 Å². The van der Waals surface area contributed by atoms with Crippen molar-refractivity contribution in [3.05, 3.63) is 28.3 Å². The highest BCUT2D eigenvalue weighted by Gasteiger charge is 2.29.